The van der Waals surface area contributed by atoms with Crippen LogP contribution in [-0.2, 0) is 14.8 Å². The molecule has 0 bridgehead atoms. The normalized spacial score (nSPS) is 16.5. The molecule has 1 N–H and O–H groups in total. The maximum atomic E-state index is 12.8. The first kappa shape index (κ1) is 22.9. The van der Waals surface area contributed by atoms with E-state index in [1.807, 2.05) is 0 Å². The van der Waals surface area contributed by atoms with Gasteiger partial charge in [-0.05, 0) is 62.2 Å². The zero-order valence-electron chi connectivity index (χ0n) is 16.6. The summed E-state index contributed by atoms with van der Waals surface area (Å²) in [5.74, 6) is -0.0354. The summed E-state index contributed by atoms with van der Waals surface area (Å²) in [5, 5.41) is 3.50. The first-order valence-electron chi connectivity index (χ1n) is 9.80. The van der Waals surface area contributed by atoms with Gasteiger partial charge in [0.2, 0.25) is 10.0 Å². The van der Waals surface area contributed by atoms with Crippen molar-refractivity contribution in [2.75, 3.05) is 18.4 Å². The van der Waals surface area contributed by atoms with Gasteiger partial charge in [-0.3, -0.25) is 4.79 Å². The van der Waals surface area contributed by atoms with Crippen molar-refractivity contribution in [3.63, 3.8) is 0 Å². The summed E-state index contributed by atoms with van der Waals surface area (Å²) < 4.78 is 32.8. The highest BCUT2D eigenvalue weighted by Crippen LogP contribution is 2.28. The van der Waals surface area contributed by atoms with E-state index in [1.165, 1.54) is 18.2 Å². The van der Waals surface area contributed by atoms with E-state index in [9.17, 15) is 13.2 Å². The molecule has 1 aliphatic rings. The molecule has 0 spiro atoms. The summed E-state index contributed by atoms with van der Waals surface area (Å²) in [6, 6.07) is 10.9. The fourth-order valence-electron chi connectivity index (χ4n) is 3.20. The smallest absolute Gasteiger partial charge is 0.265 e. The van der Waals surface area contributed by atoms with Crippen LogP contribution in [-0.4, -0.2) is 37.8 Å². The summed E-state index contributed by atoms with van der Waals surface area (Å²) >= 11 is 11.9. The van der Waals surface area contributed by atoms with Crippen LogP contribution in [0.2, 0.25) is 10.0 Å². The van der Waals surface area contributed by atoms with Gasteiger partial charge in [0.15, 0.2) is 6.10 Å². The van der Waals surface area contributed by atoms with Gasteiger partial charge in [0, 0.05) is 23.8 Å². The van der Waals surface area contributed by atoms with E-state index in [4.69, 9.17) is 27.9 Å². The SMILES string of the molecule is C[C@@H](Oc1ccc(Cl)cc1Cl)C(=O)Nc1ccc(S(=O)(=O)N2CCCCCC2)cc1. The van der Waals surface area contributed by atoms with Crippen LogP contribution < -0.4 is 10.1 Å². The number of nitrogens with zero attached hydrogens (tertiary/aromatic N) is 1. The van der Waals surface area contributed by atoms with E-state index in [-0.39, 0.29) is 10.8 Å². The first-order valence-corrected chi connectivity index (χ1v) is 12.0. The van der Waals surface area contributed by atoms with E-state index in [0.29, 0.717) is 34.6 Å². The van der Waals surface area contributed by atoms with Gasteiger partial charge in [0.05, 0.1) is 9.92 Å². The second-order valence-corrected chi connectivity index (χ2v) is 9.95. The Morgan fingerprint density at radius 1 is 1.03 bits per heavy atom. The molecular weight excluding hydrogens is 447 g/mol. The van der Waals surface area contributed by atoms with Gasteiger partial charge < -0.3 is 10.1 Å². The molecule has 3 rings (SSSR count). The van der Waals surface area contributed by atoms with Crippen LogP contribution in [0.25, 0.3) is 0 Å². The number of ether oxygens (including phenoxy) is 1. The lowest BCUT2D eigenvalue weighted by molar-refractivity contribution is -0.122. The lowest BCUT2D eigenvalue weighted by Crippen LogP contribution is -2.32. The zero-order valence-corrected chi connectivity index (χ0v) is 18.9. The van der Waals surface area contributed by atoms with Gasteiger partial charge in [-0.1, -0.05) is 36.0 Å². The number of rotatable bonds is 6. The van der Waals surface area contributed by atoms with Crippen molar-refractivity contribution in [1.29, 1.82) is 0 Å². The molecule has 0 radical (unpaired) electrons. The summed E-state index contributed by atoms with van der Waals surface area (Å²) in [5.41, 5.74) is 0.479. The number of hydrogen-bond acceptors (Lipinski definition) is 4. The minimum atomic E-state index is -3.53. The number of carbonyl (C=O) groups excluding carboxylic acids is 1. The van der Waals surface area contributed by atoms with E-state index in [0.717, 1.165) is 25.7 Å². The highest BCUT2D eigenvalue weighted by Gasteiger charge is 2.25. The lowest BCUT2D eigenvalue weighted by atomic mass is 10.2. The van der Waals surface area contributed by atoms with Crippen LogP contribution in [0.15, 0.2) is 47.4 Å². The molecular formula is C21H24Cl2N2O4S. The monoisotopic (exact) mass is 470 g/mol. The Hall–Kier alpha value is -1.80. The van der Waals surface area contributed by atoms with E-state index < -0.39 is 16.1 Å². The molecule has 1 aliphatic heterocycles. The standard InChI is InChI=1S/C21H24Cl2N2O4S/c1-15(29-20-11-6-16(22)14-19(20)23)21(26)24-17-7-9-18(10-8-17)30(27,28)25-12-4-2-3-5-13-25/h6-11,14-15H,2-5,12-13H2,1H3,(H,24,26)/t15-/m1/s1. The molecule has 1 saturated heterocycles. The third-order valence-corrected chi connectivity index (χ3v) is 7.33. The quantitative estimate of drug-likeness (QED) is 0.646. The van der Waals surface area contributed by atoms with E-state index >= 15 is 0 Å². The van der Waals surface area contributed by atoms with Crippen molar-refractivity contribution >= 4 is 44.8 Å². The average molecular weight is 471 g/mol. The van der Waals surface area contributed by atoms with Crippen LogP contribution >= 0.6 is 23.2 Å². The maximum Gasteiger partial charge on any atom is 0.265 e. The topological polar surface area (TPSA) is 75.7 Å². The first-order chi connectivity index (χ1) is 14.3. The van der Waals surface area contributed by atoms with Crippen LogP contribution in [0.4, 0.5) is 5.69 Å². The van der Waals surface area contributed by atoms with Crippen molar-refractivity contribution in [2.24, 2.45) is 0 Å². The average Bonchev–Trinajstić information content (AvgIpc) is 3.00. The third-order valence-electron chi connectivity index (χ3n) is 4.89. The van der Waals surface area contributed by atoms with Crippen molar-refractivity contribution in [3.05, 3.63) is 52.5 Å². The molecule has 162 valence electrons. The van der Waals surface area contributed by atoms with Crippen LogP contribution in [0.5, 0.6) is 5.75 Å². The molecule has 1 heterocycles. The molecule has 30 heavy (non-hydrogen) atoms. The van der Waals surface area contributed by atoms with Gasteiger partial charge in [-0.2, -0.15) is 4.31 Å². The molecule has 0 unspecified atom stereocenters. The molecule has 1 atom stereocenters. The van der Waals surface area contributed by atoms with Crippen molar-refractivity contribution in [2.45, 2.75) is 43.6 Å². The minimum absolute atomic E-state index is 0.222. The number of amides is 1. The Morgan fingerprint density at radius 2 is 1.67 bits per heavy atom. The number of halogens is 2. The van der Waals surface area contributed by atoms with Gasteiger partial charge in [0.25, 0.3) is 5.91 Å². The van der Waals surface area contributed by atoms with Crippen molar-refractivity contribution < 1.29 is 17.9 Å². The number of benzene rings is 2. The molecule has 1 fully saturated rings. The Bertz CT molecular complexity index is 989. The number of carbonyl (C=O) groups is 1. The fourth-order valence-corrected chi connectivity index (χ4v) is 5.17. The second kappa shape index (κ2) is 10.0. The van der Waals surface area contributed by atoms with E-state index in [2.05, 4.69) is 5.32 Å². The van der Waals surface area contributed by atoms with Crippen molar-refractivity contribution in [3.8, 4) is 5.75 Å². The molecule has 1 amide bonds. The predicted molar refractivity (Wildman–Crippen MR) is 119 cm³/mol. The largest absolute Gasteiger partial charge is 0.479 e. The summed E-state index contributed by atoms with van der Waals surface area (Å²) in [6.45, 7) is 2.68. The van der Waals surface area contributed by atoms with Crippen molar-refractivity contribution in [1.82, 2.24) is 4.31 Å². The summed E-state index contributed by atoms with van der Waals surface area (Å²) in [4.78, 5) is 12.7. The zero-order chi connectivity index (χ0) is 21.7. The van der Waals surface area contributed by atoms with E-state index in [1.54, 1.807) is 35.5 Å². The second-order valence-electron chi connectivity index (χ2n) is 7.17. The minimum Gasteiger partial charge on any atom is -0.479 e. The number of hydrogen-bond donors (Lipinski definition) is 1. The highest BCUT2D eigenvalue weighted by atomic mass is 35.5. The van der Waals surface area contributed by atoms with Gasteiger partial charge in [-0.25, -0.2) is 8.42 Å². The Kier molecular flexibility index (Phi) is 7.63. The van der Waals surface area contributed by atoms with Gasteiger partial charge in [0.1, 0.15) is 5.75 Å². The van der Waals surface area contributed by atoms with Crippen LogP contribution in [0.1, 0.15) is 32.6 Å². The van der Waals surface area contributed by atoms with Crippen LogP contribution in [0, 0.1) is 0 Å². The molecule has 2 aromatic carbocycles. The Labute approximate surface area is 187 Å². The molecule has 6 nitrogen and oxygen atoms in total. The van der Waals surface area contributed by atoms with Gasteiger partial charge >= 0.3 is 0 Å². The number of nitrogens with one attached hydrogen (secondary N) is 1. The molecule has 0 aromatic heterocycles. The van der Waals surface area contributed by atoms with Gasteiger partial charge in [-0.15, -0.1) is 0 Å². The Balaban J connectivity index is 1.63. The molecule has 0 aliphatic carbocycles. The Morgan fingerprint density at radius 3 is 2.27 bits per heavy atom. The maximum absolute atomic E-state index is 12.8. The fraction of sp³-hybridized carbons (Fsp3) is 0.381. The van der Waals surface area contributed by atoms with Crippen LogP contribution in [0.3, 0.4) is 0 Å². The lowest BCUT2D eigenvalue weighted by Gasteiger charge is -2.20. The number of sulfonamides is 1. The number of anilines is 1. The summed E-state index contributed by atoms with van der Waals surface area (Å²) in [7, 11) is -3.53. The highest BCUT2D eigenvalue weighted by molar-refractivity contribution is 7.89. The predicted octanol–water partition coefficient (Wildman–Crippen LogP) is 4.96. The summed E-state index contributed by atoms with van der Waals surface area (Å²) in [6.07, 6.45) is 3.05. The molecule has 2 aromatic rings. The molecule has 0 saturated carbocycles. The third kappa shape index (κ3) is 5.66. The molecule has 9 heteroatoms.